The zero-order chi connectivity index (χ0) is 10.0. The summed E-state index contributed by atoms with van der Waals surface area (Å²) in [6.07, 6.45) is 0. The Labute approximate surface area is 87.1 Å². The van der Waals surface area contributed by atoms with Gasteiger partial charge in [-0.1, -0.05) is 27.7 Å². The Balaban J connectivity index is 2.88. The summed E-state index contributed by atoms with van der Waals surface area (Å²) in [4.78, 5) is 0.466. The first-order chi connectivity index (χ1) is 6.02. The summed E-state index contributed by atoms with van der Waals surface area (Å²) in [6.45, 7) is 8.68. The smallest absolute Gasteiger partial charge is 0.284 e. The third kappa shape index (κ3) is 2.53. The van der Waals surface area contributed by atoms with E-state index in [0.717, 1.165) is 5.89 Å². The highest BCUT2D eigenvalue weighted by molar-refractivity contribution is 9.10. The molecule has 0 saturated carbocycles. The standard InChI is InChI=1S/C9H15BrN2O/c1-5(2)7(6(3)4)8-11-12-9(10)13-8/h5-7H,1-4H3. The molecule has 0 unspecified atom stereocenters. The van der Waals surface area contributed by atoms with Crippen LogP contribution in [0.3, 0.4) is 0 Å². The van der Waals surface area contributed by atoms with Crippen molar-refractivity contribution in [2.24, 2.45) is 11.8 Å². The van der Waals surface area contributed by atoms with Gasteiger partial charge in [-0.2, -0.15) is 0 Å². The fourth-order valence-electron chi connectivity index (χ4n) is 1.69. The van der Waals surface area contributed by atoms with Crippen LogP contribution in [0.4, 0.5) is 0 Å². The second kappa shape index (κ2) is 4.22. The van der Waals surface area contributed by atoms with Crippen molar-refractivity contribution in [3.05, 3.63) is 10.7 Å². The molecule has 0 aromatic carbocycles. The summed E-state index contributed by atoms with van der Waals surface area (Å²) in [5.74, 6) is 2.12. The van der Waals surface area contributed by atoms with Crippen LogP contribution in [0.2, 0.25) is 0 Å². The molecule has 0 bridgehead atoms. The molecule has 0 radical (unpaired) electrons. The molecule has 0 fully saturated rings. The predicted molar refractivity (Wildman–Crippen MR) is 54.4 cm³/mol. The molecule has 0 aliphatic heterocycles. The van der Waals surface area contributed by atoms with Gasteiger partial charge < -0.3 is 4.42 Å². The van der Waals surface area contributed by atoms with Crippen LogP contribution in [-0.4, -0.2) is 10.2 Å². The summed E-state index contributed by atoms with van der Waals surface area (Å²) in [7, 11) is 0. The zero-order valence-corrected chi connectivity index (χ0v) is 10.00. The largest absolute Gasteiger partial charge is 0.415 e. The minimum absolute atomic E-state index is 0.346. The van der Waals surface area contributed by atoms with E-state index in [4.69, 9.17) is 4.42 Å². The first-order valence-corrected chi connectivity index (χ1v) is 5.30. The van der Waals surface area contributed by atoms with Crippen LogP contribution in [0.25, 0.3) is 0 Å². The third-order valence-electron chi connectivity index (χ3n) is 2.14. The average molecular weight is 247 g/mol. The van der Waals surface area contributed by atoms with Crippen molar-refractivity contribution in [2.75, 3.05) is 0 Å². The van der Waals surface area contributed by atoms with Gasteiger partial charge in [0.05, 0.1) is 0 Å². The van der Waals surface area contributed by atoms with Gasteiger partial charge in [0.15, 0.2) is 0 Å². The summed E-state index contributed by atoms with van der Waals surface area (Å²) in [5, 5.41) is 7.80. The molecular formula is C9H15BrN2O. The molecule has 0 N–H and O–H groups in total. The number of halogens is 1. The van der Waals surface area contributed by atoms with Crippen LogP contribution < -0.4 is 0 Å². The third-order valence-corrected chi connectivity index (χ3v) is 2.46. The molecule has 74 valence electrons. The Morgan fingerprint density at radius 2 is 1.62 bits per heavy atom. The second-order valence-corrected chi connectivity index (χ2v) is 4.59. The number of hydrogen-bond acceptors (Lipinski definition) is 3. The van der Waals surface area contributed by atoms with E-state index in [1.54, 1.807) is 0 Å². The lowest BCUT2D eigenvalue weighted by Gasteiger charge is -2.20. The Morgan fingerprint density at radius 1 is 1.08 bits per heavy atom. The second-order valence-electron chi connectivity index (χ2n) is 3.91. The molecule has 0 aliphatic carbocycles. The van der Waals surface area contributed by atoms with E-state index < -0.39 is 0 Å². The maximum Gasteiger partial charge on any atom is 0.284 e. The van der Waals surface area contributed by atoms with Crippen molar-refractivity contribution in [2.45, 2.75) is 33.6 Å². The molecule has 0 spiro atoms. The van der Waals surface area contributed by atoms with Crippen molar-refractivity contribution in [3.63, 3.8) is 0 Å². The van der Waals surface area contributed by atoms with Gasteiger partial charge in [-0.15, -0.1) is 10.2 Å². The van der Waals surface area contributed by atoms with E-state index in [-0.39, 0.29) is 0 Å². The van der Waals surface area contributed by atoms with E-state index in [9.17, 15) is 0 Å². The summed E-state index contributed by atoms with van der Waals surface area (Å²) in [6, 6.07) is 0. The van der Waals surface area contributed by atoms with E-state index >= 15 is 0 Å². The van der Waals surface area contributed by atoms with E-state index in [1.807, 2.05) is 0 Å². The van der Waals surface area contributed by atoms with Gasteiger partial charge in [0.2, 0.25) is 5.89 Å². The van der Waals surface area contributed by atoms with Crippen LogP contribution in [0.15, 0.2) is 9.22 Å². The molecule has 1 aromatic rings. The molecule has 0 saturated heterocycles. The summed E-state index contributed by atoms with van der Waals surface area (Å²) < 4.78 is 5.36. The van der Waals surface area contributed by atoms with Gasteiger partial charge in [0, 0.05) is 21.8 Å². The predicted octanol–water partition coefficient (Wildman–Crippen LogP) is 3.23. The Morgan fingerprint density at radius 3 is 1.92 bits per heavy atom. The number of hydrogen-bond donors (Lipinski definition) is 0. The first-order valence-electron chi connectivity index (χ1n) is 4.51. The van der Waals surface area contributed by atoms with Crippen LogP contribution in [0, 0.1) is 11.8 Å². The SMILES string of the molecule is CC(C)C(c1nnc(Br)o1)C(C)C. The lowest BCUT2D eigenvalue weighted by atomic mass is 9.85. The Bertz CT molecular complexity index is 262. The molecule has 1 aromatic heterocycles. The highest BCUT2D eigenvalue weighted by atomic mass is 79.9. The van der Waals surface area contributed by atoms with Crippen LogP contribution in [-0.2, 0) is 0 Å². The molecule has 0 aliphatic rings. The van der Waals surface area contributed by atoms with E-state index in [1.165, 1.54) is 0 Å². The number of nitrogens with zero attached hydrogens (tertiary/aromatic N) is 2. The van der Waals surface area contributed by atoms with Gasteiger partial charge in [-0.3, -0.25) is 0 Å². The highest BCUT2D eigenvalue weighted by Gasteiger charge is 2.24. The van der Waals surface area contributed by atoms with Gasteiger partial charge in [-0.05, 0) is 11.8 Å². The van der Waals surface area contributed by atoms with Crippen molar-refractivity contribution in [1.29, 1.82) is 0 Å². The summed E-state index contributed by atoms with van der Waals surface area (Å²) >= 11 is 3.16. The molecule has 4 heteroatoms. The fourth-order valence-corrected chi connectivity index (χ4v) is 1.94. The lowest BCUT2D eigenvalue weighted by Crippen LogP contribution is -2.13. The van der Waals surface area contributed by atoms with Gasteiger partial charge in [0.25, 0.3) is 4.80 Å². The van der Waals surface area contributed by atoms with Crippen molar-refractivity contribution >= 4 is 15.9 Å². The molecule has 3 nitrogen and oxygen atoms in total. The molecule has 1 heterocycles. The Kier molecular flexibility index (Phi) is 3.47. The normalized spacial score (nSPS) is 12.0. The molecule has 1 rings (SSSR count). The molecule has 0 atom stereocenters. The Hall–Kier alpha value is -0.380. The first kappa shape index (κ1) is 10.7. The zero-order valence-electron chi connectivity index (χ0n) is 8.41. The highest BCUT2D eigenvalue weighted by Crippen LogP contribution is 2.31. The van der Waals surface area contributed by atoms with Crippen molar-refractivity contribution < 1.29 is 4.42 Å². The topological polar surface area (TPSA) is 38.9 Å². The van der Waals surface area contributed by atoms with Gasteiger partial charge in [-0.25, -0.2) is 0 Å². The van der Waals surface area contributed by atoms with Gasteiger partial charge >= 0.3 is 0 Å². The maximum absolute atomic E-state index is 5.36. The van der Waals surface area contributed by atoms with Crippen molar-refractivity contribution in [3.8, 4) is 0 Å². The van der Waals surface area contributed by atoms with Gasteiger partial charge in [0.1, 0.15) is 0 Å². The number of aromatic nitrogens is 2. The average Bonchev–Trinajstić information content (AvgIpc) is 2.34. The lowest BCUT2D eigenvalue weighted by molar-refractivity contribution is 0.309. The fraction of sp³-hybridized carbons (Fsp3) is 0.778. The van der Waals surface area contributed by atoms with Crippen LogP contribution in [0.1, 0.15) is 39.5 Å². The van der Waals surface area contributed by atoms with E-state index in [0.29, 0.717) is 22.6 Å². The molecular weight excluding hydrogens is 232 g/mol. The van der Waals surface area contributed by atoms with Crippen molar-refractivity contribution in [1.82, 2.24) is 10.2 Å². The number of rotatable bonds is 3. The minimum atomic E-state index is 0.346. The molecule has 0 amide bonds. The maximum atomic E-state index is 5.36. The molecule has 13 heavy (non-hydrogen) atoms. The monoisotopic (exact) mass is 246 g/mol. The van der Waals surface area contributed by atoms with E-state index in [2.05, 4.69) is 53.8 Å². The minimum Gasteiger partial charge on any atom is -0.415 e. The van der Waals surface area contributed by atoms with Crippen LogP contribution in [0.5, 0.6) is 0 Å². The van der Waals surface area contributed by atoms with Crippen LogP contribution >= 0.6 is 15.9 Å². The summed E-state index contributed by atoms with van der Waals surface area (Å²) in [5.41, 5.74) is 0. The quantitative estimate of drug-likeness (QED) is 0.823.